The fraction of sp³-hybridized carbons (Fsp3) is 0.333. The first-order valence-corrected chi connectivity index (χ1v) is 13.0. The van der Waals surface area contributed by atoms with Crippen molar-refractivity contribution >= 4 is 23.4 Å². The van der Waals surface area contributed by atoms with E-state index in [9.17, 15) is 9.59 Å². The summed E-state index contributed by atoms with van der Waals surface area (Å²) in [7, 11) is 0. The molecule has 0 aliphatic carbocycles. The molecule has 5 nitrogen and oxygen atoms in total. The van der Waals surface area contributed by atoms with E-state index < -0.39 is 6.04 Å². The van der Waals surface area contributed by atoms with Gasteiger partial charge in [0.15, 0.2) is 0 Å². The summed E-state index contributed by atoms with van der Waals surface area (Å²) in [6, 6.07) is 26.2. The molecule has 0 radical (unpaired) electrons. The highest BCUT2D eigenvalue weighted by atomic mass is 35.5. The molecule has 3 aromatic carbocycles. The largest absolute Gasteiger partial charge is 0.494 e. The monoisotopic (exact) mass is 506 g/mol. The quantitative estimate of drug-likeness (QED) is 0.270. The van der Waals surface area contributed by atoms with Crippen molar-refractivity contribution in [3.8, 4) is 5.75 Å². The standard InChI is InChI=1S/C30H35ClN2O3/c1-2-3-20-32-30(35)28(22-24-11-6-4-7-12-24)33(23-25-16-18-26(31)19-17-25)29(34)15-10-21-36-27-13-8-5-9-14-27/h4-9,11-14,16-19,28H,2-3,10,15,20-23H2,1H3,(H,32,35)/t28-/m0/s1. The molecule has 36 heavy (non-hydrogen) atoms. The summed E-state index contributed by atoms with van der Waals surface area (Å²) < 4.78 is 5.77. The summed E-state index contributed by atoms with van der Waals surface area (Å²) in [5, 5.41) is 3.68. The highest BCUT2D eigenvalue weighted by Gasteiger charge is 2.30. The van der Waals surface area contributed by atoms with E-state index in [0.29, 0.717) is 37.6 Å². The van der Waals surface area contributed by atoms with Crippen LogP contribution in [-0.2, 0) is 22.6 Å². The molecule has 0 unspecified atom stereocenters. The average molecular weight is 507 g/mol. The minimum absolute atomic E-state index is 0.0758. The van der Waals surface area contributed by atoms with Crippen molar-refractivity contribution < 1.29 is 14.3 Å². The first-order valence-electron chi connectivity index (χ1n) is 12.6. The maximum atomic E-state index is 13.6. The van der Waals surface area contributed by atoms with Gasteiger partial charge in [-0.05, 0) is 48.2 Å². The number of ether oxygens (including phenoxy) is 1. The number of nitrogens with zero attached hydrogens (tertiary/aromatic N) is 1. The first kappa shape index (κ1) is 27.3. The van der Waals surface area contributed by atoms with Crippen LogP contribution in [0, 0.1) is 0 Å². The molecule has 0 aliphatic rings. The predicted octanol–water partition coefficient (Wildman–Crippen LogP) is 6.06. The minimum atomic E-state index is -0.623. The number of unbranched alkanes of at least 4 members (excludes halogenated alkanes) is 1. The normalized spacial score (nSPS) is 11.5. The summed E-state index contributed by atoms with van der Waals surface area (Å²) in [6.45, 7) is 3.43. The lowest BCUT2D eigenvalue weighted by Gasteiger charge is -2.31. The van der Waals surface area contributed by atoms with Gasteiger partial charge < -0.3 is 15.0 Å². The molecule has 190 valence electrons. The molecule has 0 saturated heterocycles. The summed E-state index contributed by atoms with van der Waals surface area (Å²) >= 11 is 6.08. The van der Waals surface area contributed by atoms with Crippen LogP contribution in [0.15, 0.2) is 84.9 Å². The lowest BCUT2D eigenvalue weighted by atomic mass is 10.0. The third kappa shape index (κ3) is 9.04. The molecule has 3 aromatic rings. The van der Waals surface area contributed by atoms with Crippen LogP contribution in [0.5, 0.6) is 5.75 Å². The van der Waals surface area contributed by atoms with Gasteiger partial charge in [0, 0.05) is 31.0 Å². The van der Waals surface area contributed by atoms with Crippen molar-refractivity contribution in [2.75, 3.05) is 13.2 Å². The van der Waals surface area contributed by atoms with Crippen molar-refractivity contribution in [2.24, 2.45) is 0 Å². The molecule has 0 fully saturated rings. The van der Waals surface area contributed by atoms with E-state index >= 15 is 0 Å². The van der Waals surface area contributed by atoms with Gasteiger partial charge in [-0.1, -0.05) is 85.6 Å². The van der Waals surface area contributed by atoms with Crippen molar-refractivity contribution in [1.29, 1.82) is 0 Å². The Morgan fingerprint density at radius 3 is 2.22 bits per heavy atom. The summed E-state index contributed by atoms with van der Waals surface area (Å²) in [5.41, 5.74) is 1.93. The number of carbonyl (C=O) groups excluding carboxylic acids is 2. The van der Waals surface area contributed by atoms with E-state index in [2.05, 4.69) is 12.2 Å². The molecule has 0 spiro atoms. The topological polar surface area (TPSA) is 58.6 Å². The number of hydrogen-bond acceptors (Lipinski definition) is 3. The lowest BCUT2D eigenvalue weighted by molar-refractivity contribution is -0.141. The molecule has 1 N–H and O–H groups in total. The van der Waals surface area contributed by atoms with Crippen molar-refractivity contribution in [3.05, 3.63) is 101 Å². The molecule has 0 saturated carbocycles. The number of nitrogens with one attached hydrogen (secondary N) is 1. The Bertz CT molecular complexity index is 1060. The number of rotatable bonds is 14. The molecule has 1 atom stereocenters. The fourth-order valence-electron chi connectivity index (χ4n) is 3.92. The Morgan fingerprint density at radius 1 is 0.889 bits per heavy atom. The van der Waals surface area contributed by atoms with E-state index in [1.165, 1.54) is 0 Å². The van der Waals surface area contributed by atoms with Crippen LogP contribution >= 0.6 is 11.6 Å². The van der Waals surface area contributed by atoms with Crippen LogP contribution in [0.3, 0.4) is 0 Å². The van der Waals surface area contributed by atoms with E-state index in [-0.39, 0.29) is 18.2 Å². The minimum Gasteiger partial charge on any atom is -0.494 e. The van der Waals surface area contributed by atoms with Gasteiger partial charge in [-0.3, -0.25) is 9.59 Å². The van der Waals surface area contributed by atoms with Gasteiger partial charge in [-0.25, -0.2) is 0 Å². The summed E-state index contributed by atoms with van der Waals surface area (Å²) in [6.07, 6.45) is 3.16. The molecule has 0 bridgehead atoms. The van der Waals surface area contributed by atoms with E-state index in [0.717, 1.165) is 29.7 Å². The van der Waals surface area contributed by atoms with Gasteiger partial charge in [-0.15, -0.1) is 0 Å². The maximum absolute atomic E-state index is 13.6. The van der Waals surface area contributed by atoms with E-state index in [1.54, 1.807) is 17.0 Å². The van der Waals surface area contributed by atoms with E-state index in [1.807, 2.05) is 72.8 Å². The zero-order chi connectivity index (χ0) is 25.6. The average Bonchev–Trinajstić information content (AvgIpc) is 2.91. The number of hydrogen-bond donors (Lipinski definition) is 1. The SMILES string of the molecule is CCCCNC(=O)[C@H](Cc1ccccc1)N(Cc1ccc(Cl)cc1)C(=O)CCCOc1ccccc1. The van der Waals surface area contributed by atoms with Crippen LogP contribution in [0.4, 0.5) is 0 Å². The number of amides is 2. The van der Waals surface area contributed by atoms with Crippen LogP contribution in [0.1, 0.15) is 43.7 Å². The molecule has 2 amide bonds. The number of benzene rings is 3. The van der Waals surface area contributed by atoms with Gasteiger partial charge in [0.05, 0.1) is 6.61 Å². The van der Waals surface area contributed by atoms with Crippen LogP contribution in [0.25, 0.3) is 0 Å². The second kappa shape index (κ2) is 14.9. The second-order valence-electron chi connectivity index (χ2n) is 8.76. The maximum Gasteiger partial charge on any atom is 0.243 e. The zero-order valence-electron chi connectivity index (χ0n) is 20.9. The van der Waals surface area contributed by atoms with Crippen molar-refractivity contribution in [1.82, 2.24) is 10.2 Å². The third-order valence-electron chi connectivity index (χ3n) is 5.91. The number of carbonyl (C=O) groups is 2. The van der Waals surface area contributed by atoms with Gasteiger partial charge >= 0.3 is 0 Å². The summed E-state index contributed by atoms with van der Waals surface area (Å²) in [4.78, 5) is 28.6. The number of halogens is 1. The molecule has 3 rings (SSSR count). The predicted molar refractivity (Wildman–Crippen MR) is 145 cm³/mol. The molecular weight excluding hydrogens is 472 g/mol. The fourth-order valence-corrected chi connectivity index (χ4v) is 4.05. The van der Waals surface area contributed by atoms with Crippen LogP contribution < -0.4 is 10.1 Å². The molecular formula is C30H35ClN2O3. The van der Waals surface area contributed by atoms with Gasteiger partial charge in [0.2, 0.25) is 11.8 Å². The van der Waals surface area contributed by atoms with E-state index in [4.69, 9.17) is 16.3 Å². The van der Waals surface area contributed by atoms with Crippen molar-refractivity contribution in [2.45, 2.75) is 51.6 Å². The Labute approximate surface area is 219 Å². The number of para-hydroxylation sites is 1. The van der Waals surface area contributed by atoms with Crippen LogP contribution in [0.2, 0.25) is 5.02 Å². The molecule has 0 heterocycles. The highest BCUT2D eigenvalue weighted by molar-refractivity contribution is 6.30. The second-order valence-corrected chi connectivity index (χ2v) is 9.20. The zero-order valence-corrected chi connectivity index (χ0v) is 21.6. The Balaban J connectivity index is 1.77. The van der Waals surface area contributed by atoms with Gasteiger partial charge in [0.1, 0.15) is 11.8 Å². The lowest BCUT2D eigenvalue weighted by Crippen LogP contribution is -2.50. The van der Waals surface area contributed by atoms with Crippen LogP contribution in [-0.4, -0.2) is 35.9 Å². The highest BCUT2D eigenvalue weighted by Crippen LogP contribution is 2.18. The molecule has 0 aliphatic heterocycles. The molecule has 0 aromatic heterocycles. The Hall–Kier alpha value is -3.31. The third-order valence-corrected chi connectivity index (χ3v) is 6.17. The smallest absolute Gasteiger partial charge is 0.243 e. The van der Waals surface area contributed by atoms with Gasteiger partial charge in [-0.2, -0.15) is 0 Å². The van der Waals surface area contributed by atoms with Crippen molar-refractivity contribution in [3.63, 3.8) is 0 Å². The molecule has 6 heteroatoms. The Kier molecular flexibility index (Phi) is 11.3. The first-order chi connectivity index (χ1) is 17.6. The Morgan fingerprint density at radius 2 is 1.56 bits per heavy atom. The summed E-state index contributed by atoms with van der Waals surface area (Å²) in [5.74, 6) is 0.573. The van der Waals surface area contributed by atoms with Gasteiger partial charge in [0.25, 0.3) is 0 Å².